The van der Waals surface area contributed by atoms with Gasteiger partial charge < -0.3 is 4.57 Å². The Hall–Kier alpha value is -3.93. The van der Waals surface area contributed by atoms with Crippen LogP contribution in [0, 0.1) is 5.92 Å². The van der Waals surface area contributed by atoms with E-state index in [2.05, 4.69) is 10.2 Å². The number of hydrazine groups is 1. The summed E-state index contributed by atoms with van der Waals surface area (Å²) >= 11 is 0. The van der Waals surface area contributed by atoms with Gasteiger partial charge in [0.15, 0.2) is 0 Å². The Labute approximate surface area is 222 Å². The van der Waals surface area contributed by atoms with Gasteiger partial charge in [0.1, 0.15) is 12.2 Å². The second-order valence-corrected chi connectivity index (χ2v) is 10.4. The van der Waals surface area contributed by atoms with Crippen molar-refractivity contribution in [3.05, 3.63) is 82.1 Å². The van der Waals surface area contributed by atoms with E-state index in [1.807, 2.05) is 29.8 Å². The number of rotatable bonds is 6. The second kappa shape index (κ2) is 9.37. The zero-order valence-corrected chi connectivity index (χ0v) is 21.6. The number of halogens is 3. The van der Waals surface area contributed by atoms with Crippen LogP contribution in [0.25, 0.3) is 11.2 Å². The van der Waals surface area contributed by atoms with Crippen molar-refractivity contribution in [3.8, 4) is 5.69 Å². The summed E-state index contributed by atoms with van der Waals surface area (Å²) in [5.74, 6) is 1.07. The van der Waals surface area contributed by atoms with Crippen LogP contribution in [-0.2, 0) is 24.6 Å². The van der Waals surface area contributed by atoms with E-state index in [1.54, 1.807) is 24.5 Å². The Morgan fingerprint density at radius 3 is 2.51 bits per heavy atom. The zero-order valence-electron chi connectivity index (χ0n) is 21.6. The maximum atomic E-state index is 14.2. The van der Waals surface area contributed by atoms with Gasteiger partial charge in [0.2, 0.25) is 5.91 Å². The summed E-state index contributed by atoms with van der Waals surface area (Å²) in [6.45, 7) is 0.486. The highest BCUT2D eigenvalue weighted by Gasteiger charge is 2.36. The van der Waals surface area contributed by atoms with Crippen molar-refractivity contribution in [2.75, 3.05) is 13.6 Å². The van der Waals surface area contributed by atoms with E-state index in [-0.39, 0.29) is 29.4 Å². The number of benzene rings is 1. The fraction of sp³-hybridized carbons (Fsp3) is 0.407. The second-order valence-electron chi connectivity index (χ2n) is 10.4. The molecule has 4 aromatic rings. The molecule has 1 saturated carbocycles. The van der Waals surface area contributed by atoms with Crippen LogP contribution in [0.4, 0.5) is 13.2 Å². The number of hydrogen-bond acceptors (Lipinski definition) is 5. The molecule has 0 spiro atoms. The summed E-state index contributed by atoms with van der Waals surface area (Å²) in [6, 6.07) is 8.43. The van der Waals surface area contributed by atoms with Crippen LogP contribution in [0.2, 0.25) is 0 Å². The molecule has 4 heterocycles. The van der Waals surface area contributed by atoms with E-state index in [0.717, 1.165) is 41.1 Å². The number of carbonyl (C=O) groups excluding carboxylic acids is 1. The lowest BCUT2D eigenvalue weighted by atomic mass is 9.72. The lowest BCUT2D eigenvalue weighted by Crippen LogP contribution is -2.35. The Balaban J connectivity index is 1.44. The highest BCUT2D eigenvalue weighted by Crippen LogP contribution is 2.43. The minimum absolute atomic E-state index is 0.0311. The topological polar surface area (TPSA) is 80.7 Å². The summed E-state index contributed by atoms with van der Waals surface area (Å²) in [5, 5.41) is 11.5. The first-order chi connectivity index (χ1) is 18.6. The first-order valence-corrected chi connectivity index (χ1v) is 12.9. The first kappa shape index (κ1) is 25.4. The third kappa shape index (κ3) is 4.42. The van der Waals surface area contributed by atoms with Crippen LogP contribution >= 0.6 is 0 Å². The number of pyridine rings is 1. The summed E-state index contributed by atoms with van der Waals surface area (Å²) in [5.41, 5.74) is -0.0133. The Bertz CT molecular complexity index is 1620. The van der Waals surface area contributed by atoms with Gasteiger partial charge in [0.05, 0.1) is 16.8 Å². The molecular formula is C27H28F3N7O2. The summed E-state index contributed by atoms with van der Waals surface area (Å²) in [7, 11) is 3.48. The molecule has 0 bridgehead atoms. The van der Waals surface area contributed by atoms with Crippen LogP contribution in [0.5, 0.6) is 0 Å². The molecule has 39 heavy (non-hydrogen) atoms. The van der Waals surface area contributed by atoms with Gasteiger partial charge in [0, 0.05) is 51.9 Å². The minimum atomic E-state index is -4.67. The molecule has 12 heteroatoms. The predicted molar refractivity (Wildman–Crippen MR) is 136 cm³/mol. The molecule has 2 fully saturated rings. The lowest BCUT2D eigenvalue weighted by molar-refractivity contribution is -0.137. The van der Waals surface area contributed by atoms with Gasteiger partial charge in [-0.2, -0.15) is 13.2 Å². The van der Waals surface area contributed by atoms with Crippen molar-refractivity contribution in [1.82, 2.24) is 33.8 Å². The normalized spacial score (nSPS) is 17.8. The largest absolute Gasteiger partial charge is 0.418 e. The van der Waals surface area contributed by atoms with E-state index < -0.39 is 17.4 Å². The molecule has 0 unspecified atom stereocenters. The number of aryl methyl sites for hydroxylation is 1. The molecule has 0 radical (unpaired) electrons. The predicted octanol–water partition coefficient (Wildman–Crippen LogP) is 3.75. The van der Waals surface area contributed by atoms with Crippen LogP contribution in [-0.4, -0.2) is 53.2 Å². The number of nitrogens with zero attached hydrogens (tertiary/aromatic N) is 7. The molecule has 6 rings (SSSR count). The van der Waals surface area contributed by atoms with E-state index in [9.17, 15) is 22.8 Å². The molecule has 1 aromatic carbocycles. The van der Waals surface area contributed by atoms with Crippen molar-refractivity contribution in [2.24, 2.45) is 13.0 Å². The van der Waals surface area contributed by atoms with Gasteiger partial charge >= 0.3 is 11.9 Å². The van der Waals surface area contributed by atoms with Crippen molar-refractivity contribution in [1.29, 1.82) is 0 Å². The molecule has 1 aliphatic heterocycles. The first-order valence-electron chi connectivity index (χ1n) is 12.9. The maximum Gasteiger partial charge on any atom is 0.418 e. The fourth-order valence-electron chi connectivity index (χ4n) is 5.68. The molecule has 1 atom stereocenters. The van der Waals surface area contributed by atoms with Gasteiger partial charge in [-0.05, 0) is 48.1 Å². The maximum absolute atomic E-state index is 14.2. The van der Waals surface area contributed by atoms with Crippen LogP contribution in [0.1, 0.15) is 54.1 Å². The monoisotopic (exact) mass is 539 g/mol. The quantitative estimate of drug-likeness (QED) is 0.373. The number of carbonyl (C=O) groups is 1. The van der Waals surface area contributed by atoms with Gasteiger partial charge in [-0.1, -0.05) is 18.6 Å². The molecule has 0 N–H and O–H groups in total. The van der Waals surface area contributed by atoms with E-state index in [1.165, 1.54) is 22.0 Å². The number of hydrogen-bond donors (Lipinski definition) is 0. The smallest absolute Gasteiger partial charge is 0.320 e. The summed E-state index contributed by atoms with van der Waals surface area (Å²) in [4.78, 5) is 25.4. The van der Waals surface area contributed by atoms with Gasteiger partial charge in [-0.3, -0.25) is 18.8 Å². The highest BCUT2D eigenvalue weighted by atomic mass is 19.4. The van der Waals surface area contributed by atoms with Crippen LogP contribution in [0.15, 0.2) is 53.8 Å². The Morgan fingerprint density at radius 1 is 1.10 bits per heavy atom. The zero-order chi connectivity index (χ0) is 27.5. The average molecular weight is 540 g/mol. The molecule has 9 nitrogen and oxygen atoms in total. The SMILES string of the molecule is CN1C(=O)CCN1Cc1cc(C(F)(F)F)c2cn(-c3cccc([C@H](c4nncn4C)C4CCC4)c3)c(=O)n2c1. The van der Waals surface area contributed by atoms with Crippen molar-refractivity contribution in [2.45, 2.75) is 44.3 Å². The molecule has 3 aromatic heterocycles. The average Bonchev–Trinajstić information content (AvgIpc) is 3.54. The van der Waals surface area contributed by atoms with Crippen LogP contribution in [0.3, 0.4) is 0 Å². The summed E-state index contributed by atoms with van der Waals surface area (Å²) < 4.78 is 46.7. The molecule has 1 saturated heterocycles. The third-order valence-corrected chi connectivity index (χ3v) is 8.02. The van der Waals surface area contributed by atoms with Gasteiger partial charge in [0.25, 0.3) is 0 Å². The number of alkyl halides is 3. The fourth-order valence-corrected chi connectivity index (χ4v) is 5.68. The van der Waals surface area contributed by atoms with Crippen molar-refractivity contribution in [3.63, 3.8) is 0 Å². The molecular weight excluding hydrogens is 511 g/mol. The Morgan fingerprint density at radius 2 is 1.90 bits per heavy atom. The van der Waals surface area contributed by atoms with E-state index in [4.69, 9.17) is 0 Å². The van der Waals surface area contributed by atoms with Crippen molar-refractivity contribution >= 4 is 11.4 Å². The molecule has 2 aliphatic rings. The van der Waals surface area contributed by atoms with E-state index in [0.29, 0.717) is 24.6 Å². The van der Waals surface area contributed by atoms with Gasteiger partial charge in [-0.15, -0.1) is 10.2 Å². The summed E-state index contributed by atoms with van der Waals surface area (Å²) in [6.07, 6.45) is 3.19. The lowest BCUT2D eigenvalue weighted by Gasteiger charge is -2.33. The highest BCUT2D eigenvalue weighted by molar-refractivity contribution is 5.77. The Kier molecular flexibility index (Phi) is 6.09. The number of amides is 1. The van der Waals surface area contributed by atoms with E-state index >= 15 is 0 Å². The number of fused-ring (bicyclic) bond motifs is 1. The molecule has 1 amide bonds. The van der Waals surface area contributed by atoms with Crippen molar-refractivity contribution < 1.29 is 18.0 Å². The number of aromatic nitrogens is 5. The standard InChI is InChI=1S/C27H28F3N7O2/c1-33-16-31-32-25(33)24(18-5-3-6-18)19-7-4-8-20(12-19)36-15-22-21(27(28,29)30)11-17(14-37(22)26(36)39)13-35-10-9-23(38)34(35)2/h4,7-8,11-12,14-16,18,24H,3,5-6,9-10,13H2,1-2H3/t24-/m1/s1. The number of imidazole rings is 1. The van der Waals surface area contributed by atoms with Crippen LogP contribution < -0.4 is 5.69 Å². The third-order valence-electron chi connectivity index (χ3n) is 8.02. The minimum Gasteiger partial charge on any atom is -0.320 e. The molecule has 204 valence electrons. The molecule has 1 aliphatic carbocycles. The van der Waals surface area contributed by atoms with Gasteiger partial charge in [-0.25, -0.2) is 9.80 Å².